The summed E-state index contributed by atoms with van der Waals surface area (Å²) in [7, 11) is -1.19. The number of nitrogens with zero attached hydrogens (tertiary/aromatic N) is 1. The number of ether oxygens (including phenoxy) is 1. The first-order valence-electron chi connectivity index (χ1n) is 8.45. The zero-order chi connectivity index (χ0) is 18.6. The Morgan fingerprint density at radius 1 is 1.15 bits per heavy atom. The number of sulfone groups is 1. The topological polar surface area (TPSA) is 75.7 Å². The highest BCUT2D eigenvalue weighted by atomic mass is 32.2. The van der Waals surface area contributed by atoms with Gasteiger partial charge in [0.1, 0.15) is 5.75 Å². The lowest BCUT2D eigenvalue weighted by atomic mass is 10.2. The zero-order valence-electron chi connectivity index (χ0n) is 14.6. The molecule has 0 spiro atoms. The van der Waals surface area contributed by atoms with Gasteiger partial charge < -0.3 is 10.1 Å². The molecule has 1 N–H and O–H groups in total. The van der Waals surface area contributed by atoms with Gasteiger partial charge in [-0.25, -0.2) is 8.42 Å². The summed E-state index contributed by atoms with van der Waals surface area (Å²) >= 11 is 0. The Hall–Kier alpha value is -2.38. The average molecular weight is 374 g/mol. The number of para-hydroxylation sites is 3. The zero-order valence-corrected chi connectivity index (χ0v) is 15.4. The predicted molar refractivity (Wildman–Crippen MR) is 101 cm³/mol. The fourth-order valence-electron chi connectivity index (χ4n) is 2.94. The van der Waals surface area contributed by atoms with Gasteiger partial charge in [-0.05, 0) is 37.7 Å². The molecule has 1 heterocycles. The first-order chi connectivity index (χ1) is 12.4. The summed E-state index contributed by atoms with van der Waals surface area (Å²) in [6.45, 7) is 0.125. The fraction of sp³-hybridized carbons (Fsp3) is 0.316. The highest BCUT2D eigenvalue weighted by Gasteiger charge is 2.31. The molecular weight excluding hydrogens is 352 g/mol. The summed E-state index contributed by atoms with van der Waals surface area (Å²) in [5.41, 5.74) is 0.578. The molecule has 26 heavy (non-hydrogen) atoms. The number of hydrogen-bond donors (Lipinski definition) is 1. The standard InChI is InChI=1S/C19H22N2O4S/c1-21(15-11-12-26(23,24)14-15)13-19(22)20-17-9-5-6-10-18(17)25-16-7-3-2-4-8-16/h2-10,15H,11-14H2,1H3,(H,20,22). The van der Waals surface area contributed by atoms with Gasteiger partial charge in [0, 0.05) is 6.04 Å². The minimum Gasteiger partial charge on any atom is -0.455 e. The summed E-state index contributed by atoms with van der Waals surface area (Å²) in [4.78, 5) is 14.2. The number of carbonyl (C=O) groups excluding carboxylic acids is 1. The van der Waals surface area contributed by atoms with E-state index in [1.54, 1.807) is 24.1 Å². The van der Waals surface area contributed by atoms with Crippen molar-refractivity contribution in [3.63, 3.8) is 0 Å². The number of rotatable bonds is 6. The van der Waals surface area contributed by atoms with Crippen molar-refractivity contribution in [1.82, 2.24) is 4.90 Å². The van der Waals surface area contributed by atoms with Gasteiger partial charge in [-0.3, -0.25) is 9.69 Å². The van der Waals surface area contributed by atoms with E-state index in [0.717, 1.165) is 0 Å². The van der Waals surface area contributed by atoms with Crippen LogP contribution < -0.4 is 10.1 Å². The van der Waals surface area contributed by atoms with Crippen LogP contribution in [0.3, 0.4) is 0 Å². The molecule has 0 bridgehead atoms. The number of amides is 1. The molecule has 1 aliphatic heterocycles. The van der Waals surface area contributed by atoms with Crippen molar-refractivity contribution in [2.24, 2.45) is 0 Å². The molecule has 7 heteroatoms. The van der Waals surface area contributed by atoms with Crippen molar-refractivity contribution < 1.29 is 17.9 Å². The van der Waals surface area contributed by atoms with Gasteiger partial charge in [0.15, 0.2) is 15.6 Å². The average Bonchev–Trinajstić information content (AvgIpc) is 2.98. The number of benzene rings is 2. The molecule has 6 nitrogen and oxygen atoms in total. The maximum atomic E-state index is 12.4. The smallest absolute Gasteiger partial charge is 0.238 e. The molecule has 0 aromatic heterocycles. The lowest BCUT2D eigenvalue weighted by molar-refractivity contribution is -0.117. The number of nitrogens with one attached hydrogen (secondary N) is 1. The van der Waals surface area contributed by atoms with Crippen molar-refractivity contribution in [3.8, 4) is 11.5 Å². The monoisotopic (exact) mass is 374 g/mol. The van der Waals surface area contributed by atoms with Gasteiger partial charge >= 0.3 is 0 Å². The van der Waals surface area contributed by atoms with Crippen LogP contribution >= 0.6 is 0 Å². The Labute approximate surface area is 153 Å². The van der Waals surface area contributed by atoms with Crippen molar-refractivity contribution in [3.05, 3.63) is 54.6 Å². The van der Waals surface area contributed by atoms with E-state index >= 15 is 0 Å². The minimum absolute atomic E-state index is 0.110. The van der Waals surface area contributed by atoms with E-state index in [1.807, 2.05) is 42.5 Å². The number of anilines is 1. The molecule has 1 atom stereocenters. The summed E-state index contributed by atoms with van der Waals surface area (Å²) < 4.78 is 29.0. The third-order valence-corrected chi connectivity index (χ3v) is 6.11. The Bertz CT molecular complexity index is 868. The molecule has 1 unspecified atom stereocenters. The van der Waals surface area contributed by atoms with Gasteiger partial charge in [0.2, 0.25) is 5.91 Å². The van der Waals surface area contributed by atoms with Gasteiger partial charge in [0.05, 0.1) is 23.7 Å². The number of likely N-dealkylation sites (N-methyl/N-ethyl adjacent to an activating group) is 1. The molecule has 1 fully saturated rings. The summed E-state index contributed by atoms with van der Waals surface area (Å²) in [6, 6.07) is 16.4. The van der Waals surface area contributed by atoms with Crippen LogP contribution in [-0.2, 0) is 14.6 Å². The van der Waals surface area contributed by atoms with Gasteiger partial charge in [-0.1, -0.05) is 30.3 Å². The van der Waals surface area contributed by atoms with Gasteiger partial charge in [0.25, 0.3) is 0 Å². The Kier molecular flexibility index (Phi) is 5.58. The summed E-state index contributed by atoms with van der Waals surface area (Å²) in [5, 5.41) is 2.85. The predicted octanol–water partition coefficient (Wildman–Crippen LogP) is 2.54. The Morgan fingerprint density at radius 3 is 2.54 bits per heavy atom. The van der Waals surface area contributed by atoms with Crippen LogP contribution in [-0.4, -0.2) is 50.4 Å². The Balaban J connectivity index is 1.62. The van der Waals surface area contributed by atoms with Gasteiger partial charge in [-0.15, -0.1) is 0 Å². The lowest BCUT2D eigenvalue weighted by Crippen LogP contribution is -2.38. The first kappa shape index (κ1) is 18.4. The molecule has 3 rings (SSSR count). The fourth-order valence-corrected chi connectivity index (χ4v) is 4.75. The Morgan fingerprint density at radius 2 is 1.85 bits per heavy atom. The van der Waals surface area contributed by atoms with Crippen LogP contribution in [0.2, 0.25) is 0 Å². The van der Waals surface area contributed by atoms with E-state index in [9.17, 15) is 13.2 Å². The van der Waals surface area contributed by atoms with E-state index in [4.69, 9.17) is 4.74 Å². The quantitative estimate of drug-likeness (QED) is 0.841. The van der Waals surface area contributed by atoms with E-state index < -0.39 is 9.84 Å². The summed E-state index contributed by atoms with van der Waals surface area (Å²) in [5.74, 6) is 1.34. The number of carbonyl (C=O) groups is 1. The van der Waals surface area contributed by atoms with Crippen LogP contribution in [0.4, 0.5) is 5.69 Å². The van der Waals surface area contributed by atoms with Crippen LogP contribution in [0.15, 0.2) is 54.6 Å². The molecule has 0 radical (unpaired) electrons. The van der Waals surface area contributed by atoms with Gasteiger partial charge in [-0.2, -0.15) is 0 Å². The molecular formula is C19H22N2O4S. The highest BCUT2D eigenvalue weighted by molar-refractivity contribution is 7.91. The van der Waals surface area contributed by atoms with Crippen molar-refractivity contribution in [2.45, 2.75) is 12.5 Å². The molecule has 138 valence electrons. The molecule has 0 aliphatic carbocycles. The molecule has 1 saturated heterocycles. The summed E-state index contributed by atoms with van der Waals surface area (Å²) in [6.07, 6.45) is 0.569. The maximum absolute atomic E-state index is 12.4. The third-order valence-electron chi connectivity index (χ3n) is 4.36. The second-order valence-electron chi connectivity index (χ2n) is 6.43. The largest absolute Gasteiger partial charge is 0.455 e. The second kappa shape index (κ2) is 7.88. The van der Waals surface area contributed by atoms with Crippen molar-refractivity contribution in [1.29, 1.82) is 0 Å². The molecule has 0 saturated carbocycles. The lowest BCUT2D eigenvalue weighted by Gasteiger charge is -2.22. The molecule has 1 amide bonds. The van der Waals surface area contributed by atoms with E-state index in [2.05, 4.69) is 5.32 Å². The van der Waals surface area contributed by atoms with Crippen LogP contribution in [0.5, 0.6) is 11.5 Å². The third kappa shape index (κ3) is 4.83. The van der Waals surface area contributed by atoms with Crippen LogP contribution in [0.25, 0.3) is 0 Å². The second-order valence-corrected chi connectivity index (χ2v) is 8.66. The SMILES string of the molecule is CN(CC(=O)Nc1ccccc1Oc1ccccc1)C1CCS(=O)(=O)C1. The van der Waals surface area contributed by atoms with Crippen molar-refractivity contribution >= 4 is 21.4 Å². The minimum atomic E-state index is -2.97. The van der Waals surface area contributed by atoms with E-state index in [0.29, 0.717) is 23.6 Å². The van der Waals surface area contributed by atoms with E-state index in [-0.39, 0.29) is 30.0 Å². The maximum Gasteiger partial charge on any atom is 0.238 e. The highest BCUT2D eigenvalue weighted by Crippen LogP contribution is 2.29. The molecule has 2 aromatic rings. The van der Waals surface area contributed by atoms with Crippen LogP contribution in [0, 0.1) is 0 Å². The number of hydrogen-bond acceptors (Lipinski definition) is 5. The molecule has 1 aliphatic rings. The van der Waals surface area contributed by atoms with Crippen molar-refractivity contribution in [2.75, 3.05) is 30.4 Å². The molecule has 2 aromatic carbocycles. The normalized spacial score (nSPS) is 18.6. The first-order valence-corrected chi connectivity index (χ1v) is 10.3. The van der Waals surface area contributed by atoms with Crippen LogP contribution in [0.1, 0.15) is 6.42 Å². The van der Waals surface area contributed by atoms with E-state index in [1.165, 1.54) is 0 Å².